The zero-order valence-corrected chi connectivity index (χ0v) is 8.74. The maximum absolute atomic E-state index is 5.67. The Morgan fingerprint density at radius 3 is 1.33 bits per heavy atom. The van der Waals surface area contributed by atoms with Crippen LogP contribution in [-0.4, -0.2) is 12.1 Å². The molecule has 0 aromatic rings. The van der Waals surface area contributed by atoms with E-state index in [2.05, 4.69) is 13.2 Å². The number of rotatable bonds is 5. The average molecular weight is 213 g/mol. The van der Waals surface area contributed by atoms with E-state index in [1.54, 1.807) is 12.2 Å². The molecule has 0 spiro atoms. The number of halogens is 2. The quantitative estimate of drug-likeness (QED) is 0.682. The Morgan fingerprint density at radius 2 is 1.17 bits per heavy atom. The molecule has 4 N–H and O–H groups in total. The Hall–Kier alpha value is -0.0200. The molecule has 0 saturated carbocycles. The molecule has 0 aliphatic carbocycles. The smallest absolute Gasteiger partial charge is 0.0230 e. The van der Waals surface area contributed by atoms with Gasteiger partial charge in [-0.05, 0) is 12.8 Å². The van der Waals surface area contributed by atoms with Crippen LogP contribution in [0.5, 0.6) is 0 Å². The highest BCUT2D eigenvalue weighted by molar-refractivity contribution is 5.85. The number of hydrogen-bond donors (Lipinski definition) is 2. The van der Waals surface area contributed by atoms with Gasteiger partial charge in [-0.1, -0.05) is 12.2 Å². The molecule has 0 amide bonds. The van der Waals surface area contributed by atoms with E-state index in [-0.39, 0.29) is 36.9 Å². The van der Waals surface area contributed by atoms with Crippen molar-refractivity contribution < 1.29 is 0 Å². The zero-order chi connectivity index (χ0) is 7.98. The summed E-state index contributed by atoms with van der Waals surface area (Å²) < 4.78 is 0. The molecule has 0 bridgehead atoms. The molecule has 0 rings (SSSR count). The first-order valence-electron chi connectivity index (χ1n) is 3.45. The van der Waals surface area contributed by atoms with Crippen molar-refractivity contribution in [1.29, 1.82) is 0 Å². The zero-order valence-electron chi connectivity index (χ0n) is 7.11. The molecule has 0 aliphatic rings. The van der Waals surface area contributed by atoms with Gasteiger partial charge in [0.15, 0.2) is 0 Å². The molecule has 0 aromatic heterocycles. The summed E-state index contributed by atoms with van der Waals surface area (Å²) in [7, 11) is 0. The maximum Gasteiger partial charge on any atom is 0.0230 e. The van der Waals surface area contributed by atoms with E-state index >= 15 is 0 Å². The highest BCUT2D eigenvalue weighted by Crippen LogP contribution is 1.98. The minimum atomic E-state index is 0. The van der Waals surface area contributed by atoms with Crippen molar-refractivity contribution in [3.63, 3.8) is 0 Å². The van der Waals surface area contributed by atoms with Crippen LogP contribution in [-0.2, 0) is 0 Å². The normalized spacial score (nSPS) is 13.2. The molecule has 2 nitrogen and oxygen atoms in total. The summed E-state index contributed by atoms with van der Waals surface area (Å²) in [5.41, 5.74) is 11.3. The lowest BCUT2D eigenvalue weighted by molar-refractivity contribution is 0.534. The second-order valence-electron chi connectivity index (χ2n) is 2.38. The molecule has 0 radical (unpaired) electrons. The van der Waals surface area contributed by atoms with Crippen molar-refractivity contribution in [1.82, 2.24) is 0 Å². The van der Waals surface area contributed by atoms with Crippen LogP contribution in [0.25, 0.3) is 0 Å². The predicted molar refractivity (Wildman–Crippen MR) is 60.1 cm³/mol. The van der Waals surface area contributed by atoms with Gasteiger partial charge in [-0.3, -0.25) is 0 Å². The third-order valence-corrected chi connectivity index (χ3v) is 1.43. The summed E-state index contributed by atoms with van der Waals surface area (Å²) >= 11 is 0. The minimum absolute atomic E-state index is 0. The summed E-state index contributed by atoms with van der Waals surface area (Å²) in [4.78, 5) is 0. The van der Waals surface area contributed by atoms with Gasteiger partial charge in [-0.25, -0.2) is 0 Å². The van der Waals surface area contributed by atoms with Gasteiger partial charge in [-0.15, -0.1) is 38.0 Å². The van der Waals surface area contributed by atoms with E-state index in [4.69, 9.17) is 11.5 Å². The lowest BCUT2D eigenvalue weighted by Crippen LogP contribution is -2.40. The second-order valence-corrected chi connectivity index (χ2v) is 2.38. The summed E-state index contributed by atoms with van der Waals surface area (Å²) in [6.07, 6.45) is 5.12. The van der Waals surface area contributed by atoms with Crippen molar-refractivity contribution in [3.05, 3.63) is 25.3 Å². The van der Waals surface area contributed by atoms with E-state index in [1.165, 1.54) is 0 Å². The molecular formula is C8H18Cl2N2. The number of hydrogen-bond acceptors (Lipinski definition) is 2. The molecule has 2 atom stereocenters. The van der Waals surface area contributed by atoms with Gasteiger partial charge in [0.2, 0.25) is 0 Å². The molecule has 12 heavy (non-hydrogen) atoms. The van der Waals surface area contributed by atoms with Crippen LogP contribution >= 0.6 is 24.8 Å². The van der Waals surface area contributed by atoms with Crippen molar-refractivity contribution >= 4 is 24.8 Å². The second kappa shape index (κ2) is 11.0. The fraction of sp³-hybridized carbons (Fsp3) is 0.500. The van der Waals surface area contributed by atoms with Crippen LogP contribution in [0.1, 0.15) is 12.8 Å². The largest absolute Gasteiger partial charge is 0.326 e. The average Bonchev–Trinajstić information content (AvgIpc) is 1.89. The highest BCUT2D eigenvalue weighted by atomic mass is 35.5. The standard InChI is InChI=1S/C8H16N2.2ClH/c1-3-5-7(9)8(10)6-4-2;;/h3-4,7-8H,1-2,5-6,9-10H2;2*1H. The summed E-state index contributed by atoms with van der Waals surface area (Å²) in [5.74, 6) is 0. The SMILES string of the molecule is C=CCC(N)C(N)CC=C.Cl.Cl. The number of nitrogens with two attached hydrogens (primary N) is 2. The summed E-state index contributed by atoms with van der Waals surface area (Å²) in [5, 5.41) is 0. The van der Waals surface area contributed by atoms with E-state index in [1.807, 2.05) is 0 Å². The van der Waals surface area contributed by atoms with Gasteiger partial charge in [0.1, 0.15) is 0 Å². The van der Waals surface area contributed by atoms with E-state index in [0.717, 1.165) is 12.8 Å². The van der Waals surface area contributed by atoms with Gasteiger partial charge in [0.05, 0.1) is 0 Å². The molecular weight excluding hydrogens is 195 g/mol. The third-order valence-electron chi connectivity index (χ3n) is 1.43. The molecule has 0 aliphatic heterocycles. The van der Waals surface area contributed by atoms with Crippen LogP contribution < -0.4 is 11.5 Å². The Morgan fingerprint density at radius 1 is 0.917 bits per heavy atom. The molecule has 0 aromatic carbocycles. The van der Waals surface area contributed by atoms with Crippen molar-refractivity contribution in [2.75, 3.05) is 0 Å². The molecule has 4 heteroatoms. The fourth-order valence-corrected chi connectivity index (χ4v) is 0.734. The molecule has 74 valence electrons. The Labute approximate surface area is 86.9 Å². The maximum atomic E-state index is 5.67. The van der Waals surface area contributed by atoms with E-state index in [9.17, 15) is 0 Å². The summed E-state index contributed by atoms with van der Waals surface area (Å²) in [6.45, 7) is 7.16. The van der Waals surface area contributed by atoms with Crippen LogP contribution in [0.3, 0.4) is 0 Å². The monoisotopic (exact) mass is 212 g/mol. The van der Waals surface area contributed by atoms with Crippen molar-refractivity contribution in [2.45, 2.75) is 24.9 Å². The minimum Gasteiger partial charge on any atom is -0.326 e. The van der Waals surface area contributed by atoms with Crippen LogP contribution in [0.4, 0.5) is 0 Å². The first-order valence-corrected chi connectivity index (χ1v) is 3.45. The molecule has 0 fully saturated rings. The third kappa shape index (κ3) is 8.08. The van der Waals surface area contributed by atoms with E-state index in [0.29, 0.717) is 0 Å². The van der Waals surface area contributed by atoms with Gasteiger partial charge in [-0.2, -0.15) is 0 Å². The van der Waals surface area contributed by atoms with Gasteiger partial charge in [0.25, 0.3) is 0 Å². The van der Waals surface area contributed by atoms with E-state index < -0.39 is 0 Å². The fourth-order valence-electron chi connectivity index (χ4n) is 0.734. The molecule has 0 heterocycles. The van der Waals surface area contributed by atoms with Crippen molar-refractivity contribution in [2.24, 2.45) is 11.5 Å². The Bertz CT molecular complexity index is 104. The first-order chi connectivity index (χ1) is 4.72. The molecule has 2 unspecified atom stereocenters. The Balaban J connectivity index is -0.000000405. The lowest BCUT2D eigenvalue weighted by atomic mass is 10.0. The van der Waals surface area contributed by atoms with Crippen LogP contribution in [0.2, 0.25) is 0 Å². The lowest BCUT2D eigenvalue weighted by Gasteiger charge is -2.15. The van der Waals surface area contributed by atoms with Crippen LogP contribution in [0.15, 0.2) is 25.3 Å². The van der Waals surface area contributed by atoms with Gasteiger partial charge < -0.3 is 11.5 Å². The van der Waals surface area contributed by atoms with Crippen molar-refractivity contribution in [3.8, 4) is 0 Å². The predicted octanol–water partition coefficient (Wildman–Crippen LogP) is 1.64. The highest BCUT2D eigenvalue weighted by Gasteiger charge is 2.08. The van der Waals surface area contributed by atoms with Gasteiger partial charge >= 0.3 is 0 Å². The Kier molecular flexibility index (Phi) is 16.4. The first kappa shape index (κ1) is 17.9. The molecule has 0 saturated heterocycles. The topological polar surface area (TPSA) is 52.0 Å². The van der Waals surface area contributed by atoms with Gasteiger partial charge in [0, 0.05) is 12.1 Å². The van der Waals surface area contributed by atoms with Crippen LogP contribution in [0, 0.1) is 0 Å². The summed E-state index contributed by atoms with van der Waals surface area (Å²) in [6, 6.07) is 0.0472.